The molecule has 3 N–H and O–H groups in total. The summed E-state index contributed by atoms with van der Waals surface area (Å²) in [4.78, 5) is 0.184. The van der Waals surface area contributed by atoms with E-state index in [9.17, 15) is 8.42 Å². The van der Waals surface area contributed by atoms with Gasteiger partial charge in [0.1, 0.15) is 10.6 Å². The van der Waals surface area contributed by atoms with E-state index in [4.69, 9.17) is 10.5 Å². The largest absolute Gasteiger partial charge is 0.492 e. The van der Waals surface area contributed by atoms with Crippen LogP contribution in [0.25, 0.3) is 0 Å². The molecule has 0 bridgehead atoms. The van der Waals surface area contributed by atoms with Gasteiger partial charge in [0.25, 0.3) is 0 Å². The van der Waals surface area contributed by atoms with Crippen LogP contribution in [0.15, 0.2) is 17.0 Å². The number of hydrogen-bond acceptors (Lipinski definition) is 4. The van der Waals surface area contributed by atoms with Crippen LogP contribution in [0.2, 0.25) is 0 Å². The third-order valence-corrected chi connectivity index (χ3v) is 6.04. The average molecular weight is 310 g/mol. The lowest BCUT2D eigenvalue weighted by atomic mass is 9.81. The van der Waals surface area contributed by atoms with Gasteiger partial charge in [-0.15, -0.1) is 0 Å². The third kappa shape index (κ3) is 2.87. The fourth-order valence-electron chi connectivity index (χ4n) is 3.01. The minimum absolute atomic E-state index is 0.0515. The highest BCUT2D eigenvalue weighted by Crippen LogP contribution is 2.35. The second kappa shape index (κ2) is 5.50. The van der Waals surface area contributed by atoms with Crippen molar-refractivity contribution in [2.24, 2.45) is 5.92 Å². The van der Waals surface area contributed by atoms with Crippen LogP contribution in [-0.2, 0) is 16.4 Å². The Bertz CT molecular complexity index is 639. The predicted molar refractivity (Wildman–Crippen MR) is 81.8 cm³/mol. The Labute approximate surface area is 125 Å². The number of sulfonamides is 1. The van der Waals surface area contributed by atoms with Crippen molar-refractivity contribution in [2.75, 3.05) is 12.3 Å². The Balaban J connectivity index is 1.92. The molecule has 0 amide bonds. The Morgan fingerprint density at radius 1 is 1.33 bits per heavy atom. The monoisotopic (exact) mass is 310 g/mol. The minimum Gasteiger partial charge on any atom is -0.492 e. The Morgan fingerprint density at radius 2 is 2.10 bits per heavy atom. The first-order valence-electron chi connectivity index (χ1n) is 7.55. The number of nitrogens with one attached hydrogen (secondary N) is 1. The van der Waals surface area contributed by atoms with Crippen LogP contribution in [0.5, 0.6) is 5.75 Å². The van der Waals surface area contributed by atoms with Crippen LogP contribution in [0, 0.1) is 5.92 Å². The summed E-state index contributed by atoms with van der Waals surface area (Å²) in [6.45, 7) is 2.48. The number of anilines is 1. The molecule has 1 aromatic rings. The van der Waals surface area contributed by atoms with Gasteiger partial charge in [-0.3, -0.25) is 0 Å². The molecule has 0 saturated heterocycles. The normalized spacial score (nSPS) is 20.2. The summed E-state index contributed by atoms with van der Waals surface area (Å²) < 4.78 is 33.7. The van der Waals surface area contributed by atoms with Gasteiger partial charge in [-0.25, -0.2) is 13.1 Å². The summed E-state index contributed by atoms with van der Waals surface area (Å²) in [7, 11) is -3.60. The minimum atomic E-state index is -3.60. The maximum Gasteiger partial charge on any atom is 0.244 e. The molecule has 21 heavy (non-hydrogen) atoms. The van der Waals surface area contributed by atoms with Gasteiger partial charge in [-0.1, -0.05) is 6.42 Å². The van der Waals surface area contributed by atoms with Crippen molar-refractivity contribution in [2.45, 2.75) is 50.0 Å². The molecule has 1 aliphatic heterocycles. The molecule has 1 unspecified atom stereocenters. The molecule has 1 saturated carbocycles. The maximum absolute atomic E-state index is 12.7. The summed E-state index contributed by atoms with van der Waals surface area (Å²) in [5.41, 5.74) is 7.21. The molecule has 5 nitrogen and oxygen atoms in total. The second-order valence-electron chi connectivity index (χ2n) is 6.06. The van der Waals surface area contributed by atoms with E-state index in [2.05, 4.69) is 4.72 Å². The lowest BCUT2D eigenvalue weighted by Gasteiger charge is -2.32. The highest BCUT2D eigenvalue weighted by atomic mass is 32.2. The fraction of sp³-hybridized carbons (Fsp3) is 0.600. The lowest BCUT2D eigenvalue weighted by molar-refractivity contribution is 0.259. The molecule has 1 aromatic carbocycles. The molecule has 3 rings (SSSR count). The van der Waals surface area contributed by atoms with Crippen molar-refractivity contribution in [3.63, 3.8) is 0 Å². The highest BCUT2D eigenvalue weighted by Gasteiger charge is 2.31. The van der Waals surface area contributed by atoms with Crippen LogP contribution in [0.1, 0.15) is 38.2 Å². The van der Waals surface area contributed by atoms with Crippen LogP contribution in [-0.4, -0.2) is 21.1 Å². The van der Waals surface area contributed by atoms with Gasteiger partial charge < -0.3 is 10.5 Å². The molecular formula is C15H22N2O3S. The SMILES string of the molecule is CC(NS(=O)(=O)c1cc(N)cc2c1OCCC2)C1CCC1. The van der Waals surface area contributed by atoms with Crippen molar-refractivity contribution in [1.29, 1.82) is 0 Å². The second-order valence-corrected chi connectivity index (χ2v) is 7.74. The molecule has 0 aromatic heterocycles. The molecule has 1 atom stereocenters. The summed E-state index contributed by atoms with van der Waals surface area (Å²) in [6.07, 6.45) is 5.07. The van der Waals surface area contributed by atoms with E-state index >= 15 is 0 Å². The van der Waals surface area contributed by atoms with Crippen molar-refractivity contribution in [1.82, 2.24) is 4.72 Å². The van der Waals surface area contributed by atoms with E-state index in [0.717, 1.165) is 31.2 Å². The Kier molecular flexibility index (Phi) is 3.84. The number of ether oxygens (including phenoxy) is 1. The highest BCUT2D eigenvalue weighted by molar-refractivity contribution is 7.89. The summed E-state index contributed by atoms with van der Waals surface area (Å²) in [5, 5.41) is 0. The molecule has 1 aliphatic carbocycles. The van der Waals surface area contributed by atoms with Gasteiger partial charge >= 0.3 is 0 Å². The number of nitrogen functional groups attached to an aromatic ring is 1. The van der Waals surface area contributed by atoms with Crippen molar-refractivity contribution in [3.05, 3.63) is 17.7 Å². The van der Waals surface area contributed by atoms with Crippen LogP contribution in [0.4, 0.5) is 5.69 Å². The van der Waals surface area contributed by atoms with Gasteiger partial charge in [0.05, 0.1) is 6.61 Å². The van der Waals surface area contributed by atoms with Gasteiger partial charge in [-0.05, 0) is 56.2 Å². The van der Waals surface area contributed by atoms with E-state index in [1.807, 2.05) is 13.0 Å². The summed E-state index contributed by atoms with van der Waals surface area (Å²) in [5.74, 6) is 0.918. The molecule has 0 radical (unpaired) electrons. The number of fused-ring (bicyclic) bond motifs is 1. The molecule has 6 heteroatoms. The first kappa shape index (κ1) is 14.7. The van der Waals surface area contributed by atoms with Crippen LogP contribution < -0.4 is 15.2 Å². The number of rotatable bonds is 4. The van der Waals surface area contributed by atoms with Crippen LogP contribution in [0.3, 0.4) is 0 Å². The van der Waals surface area contributed by atoms with E-state index in [1.54, 1.807) is 0 Å². The first-order valence-corrected chi connectivity index (χ1v) is 9.03. The number of aryl methyl sites for hydroxylation is 1. The summed E-state index contributed by atoms with van der Waals surface area (Å²) >= 11 is 0. The van der Waals surface area contributed by atoms with E-state index in [-0.39, 0.29) is 10.9 Å². The first-order chi connectivity index (χ1) is 9.97. The predicted octanol–water partition coefficient (Wildman–Crippen LogP) is 2.06. The number of benzene rings is 1. The Hall–Kier alpha value is -1.27. The van der Waals surface area contributed by atoms with Gasteiger partial charge in [0, 0.05) is 11.7 Å². The molecule has 1 fully saturated rings. The zero-order valence-electron chi connectivity index (χ0n) is 12.3. The average Bonchev–Trinajstić information content (AvgIpc) is 2.34. The van der Waals surface area contributed by atoms with E-state index < -0.39 is 10.0 Å². The zero-order valence-corrected chi connectivity index (χ0v) is 13.1. The molecule has 2 aliphatic rings. The maximum atomic E-state index is 12.7. The third-order valence-electron chi connectivity index (χ3n) is 4.48. The van der Waals surface area contributed by atoms with Crippen molar-refractivity contribution < 1.29 is 13.2 Å². The summed E-state index contributed by atoms with van der Waals surface area (Å²) in [6, 6.07) is 3.26. The van der Waals surface area contributed by atoms with Crippen LogP contribution >= 0.6 is 0 Å². The smallest absolute Gasteiger partial charge is 0.244 e. The number of nitrogens with two attached hydrogens (primary N) is 1. The quantitative estimate of drug-likeness (QED) is 0.834. The molecule has 116 valence electrons. The van der Waals surface area contributed by atoms with Crippen molar-refractivity contribution >= 4 is 15.7 Å². The molecular weight excluding hydrogens is 288 g/mol. The zero-order chi connectivity index (χ0) is 15.0. The van der Waals surface area contributed by atoms with E-state index in [1.165, 1.54) is 12.5 Å². The number of hydrogen-bond donors (Lipinski definition) is 2. The Morgan fingerprint density at radius 3 is 2.76 bits per heavy atom. The van der Waals surface area contributed by atoms with Gasteiger partial charge in [0.15, 0.2) is 0 Å². The topological polar surface area (TPSA) is 81.4 Å². The van der Waals surface area contributed by atoms with E-state index in [0.29, 0.717) is 24.0 Å². The van der Waals surface area contributed by atoms with Gasteiger partial charge in [0.2, 0.25) is 10.0 Å². The fourth-order valence-corrected chi connectivity index (χ4v) is 4.55. The van der Waals surface area contributed by atoms with Crippen molar-refractivity contribution in [3.8, 4) is 5.75 Å². The molecule has 1 heterocycles. The lowest BCUT2D eigenvalue weighted by Crippen LogP contribution is -2.40. The standard InChI is InChI=1S/C15H22N2O3S/c1-10(11-4-2-5-11)17-21(18,19)14-9-13(16)8-12-6-3-7-20-15(12)14/h8-11,17H,2-7,16H2,1H3. The van der Waals surface area contributed by atoms with Gasteiger partial charge in [-0.2, -0.15) is 0 Å². The molecule has 0 spiro atoms.